The molecule has 0 amide bonds. The van der Waals surface area contributed by atoms with Crippen molar-refractivity contribution in [3.63, 3.8) is 0 Å². The Hall–Kier alpha value is -2.09. The van der Waals surface area contributed by atoms with Gasteiger partial charge in [0.1, 0.15) is 17.7 Å². The molecule has 0 atom stereocenters. The summed E-state index contributed by atoms with van der Waals surface area (Å²) < 4.78 is 5.89. The molecule has 1 saturated heterocycles. The number of benzene rings is 1. The summed E-state index contributed by atoms with van der Waals surface area (Å²) in [6, 6.07) is 11.1. The van der Waals surface area contributed by atoms with Crippen LogP contribution in [-0.2, 0) is 0 Å². The zero-order valence-electron chi connectivity index (χ0n) is 15.4. The van der Waals surface area contributed by atoms with E-state index < -0.39 is 0 Å². The maximum Gasteiger partial charge on any atom is 0.298 e. The largest absolute Gasteiger partial charge is 0.423 e. The molecule has 9 heteroatoms. The van der Waals surface area contributed by atoms with Crippen LogP contribution in [0.15, 0.2) is 41.1 Å². The maximum absolute atomic E-state index is 5.91. The van der Waals surface area contributed by atoms with E-state index >= 15 is 0 Å². The van der Waals surface area contributed by atoms with Crippen molar-refractivity contribution in [2.45, 2.75) is 24.8 Å². The molecule has 2 fully saturated rings. The molecular formula is C19H24Cl2N6O. The molecule has 3 aromatic rings. The van der Waals surface area contributed by atoms with Crippen LogP contribution in [-0.4, -0.2) is 47.2 Å². The number of anilines is 2. The highest BCUT2D eigenvalue weighted by atomic mass is 35.5. The Bertz CT molecular complexity index is 888. The number of fused-ring (bicyclic) bond motifs is 1. The van der Waals surface area contributed by atoms with Crippen LogP contribution in [0.5, 0.6) is 0 Å². The number of nitrogens with zero attached hydrogens (tertiary/aromatic N) is 5. The first-order valence-corrected chi connectivity index (χ1v) is 9.19. The van der Waals surface area contributed by atoms with Gasteiger partial charge in [0.25, 0.3) is 6.01 Å². The number of halogens is 2. The van der Waals surface area contributed by atoms with Gasteiger partial charge in [-0.15, -0.1) is 24.8 Å². The Morgan fingerprint density at radius 2 is 1.68 bits per heavy atom. The first-order valence-electron chi connectivity index (χ1n) is 9.19. The van der Waals surface area contributed by atoms with E-state index in [-0.39, 0.29) is 24.8 Å². The van der Waals surface area contributed by atoms with Gasteiger partial charge in [-0.05, 0) is 25.0 Å². The minimum absolute atomic E-state index is 0. The fraction of sp³-hybridized carbons (Fsp3) is 0.421. The van der Waals surface area contributed by atoms with Gasteiger partial charge < -0.3 is 20.0 Å². The number of hydrogen-bond donors (Lipinski definition) is 1. The topological polar surface area (TPSA) is 84.3 Å². The number of oxazole rings is 1. The van der Waals surface area contributed by atoms with Crippen LogP contribution in [0.3, 0.4) is 0 Å². The average Bonchev–Trinajstić information content (AvgIpc) is 3.10. The third-order valence-electron chi connectivity index (χ3n) is 5.42. The van der Waals surface area contributed by atoms with Crippen molar-refractivity contribution in [3.8, 4) is 0 Å². The highest BCUT2D eigenvalue weighted by molar-refractivity contribution is 5.85. The summed E-state index contributed by atoms with van der Waals surface area (Å²) >= 11 is 0. The van der Waals surface area contributed by atoms with Crippen LogP contribution >= 0.6 is 24.8 Å². The first kappa shape index (κ1) is 20.6. The molecule has 0 spiro atoms. The van der Waals surface area contributed by atoms with Crippen LogP contribution in [0.1, 0.15) is 24.5 Å². The van der Waals surface area contributed by atoms with Crippen molar-refractivity contribution in [1.29, 1.82) is 0 Å². The monoisotopic (exact) mass is 422 g/mol. The highest BCUT2D eigenvalue weighted by Crippen LogP contribution is 2.35. The van der Waals surface area contributed by atoms with Crippen molar-refractivity contribution in [3.05, 3.63) is 42.4 Å². The zero-order chi connectivity index (χ0) is 17.5. The van der Waals surface area contributed by atoms with Crippen molar-refractivity contribution in [2.75, 3.05) is 36.0 Å². The second-order valence-electron chi connectivity index (χ2n) is 7.17. The van der Waals surface area contributed by atoms with Crippen LogP contribution in [0.25, 0.3) is 11.1 Å². The van der Waals surface area contributed by atoms with Crippen molar-refractivity contribution >= 4 is 47.7 Å². The molecule has 0 unspecified atom stereocenters. The lowest BCUT2D eigenvalue weighted by molar-refractivity contribution is 0.345. The number of piperazine rings is 1. The molecule has 1 aliphatic heterocycles. The SMILES string of the molecule is Cl.Cl.NC1CC(c2cc(N3CCN(c4nc5ccccc5o4)CC3)ncn2)C1. The molecule has 28 heavy (non-hydrogen) atoms. The molecule has 7 nitrogen and oxygen atoms in total. The van der Waals surface area contributed by atoms with Gasteiger partial charge in [-0.1, -0.05) is 12.1 Å². The molecular weight excluding hydrogens is 399 g/mol. The van der Waals surface area contributed by atoms with Gasteiger partial charge in [0.05, 0.1) is 0 Å². The summed E-state index contributed by atoms with van der Waals surface area (Å²) in [5.41, 5.74) is 8.78. The summed E-state index contributed by atoms with van der Waals surface area (Å²) in [6.45, 7) is 3.50. The predicted octanol–water partition coefficient (Wildman–Crippen LogP) is 2.99. The lowest BCUT2D eigenvalue weighted by Crippen LogP contribution is -2.47. The summed E-state index contributed by atoms with van der Waals surface area (Å²) in [7, 11) is 0. The number of aromatic nitrogens is 3. The van der Waals surface area contributed by atoms with Crippen molar-refractivity contribution in [2.24, 2.45) is 5.73 Å². The quantitative estimate of drug-likeness (QED) is 0.693. The Labute approximate surface area is 176 Å². The molecule has 1 saturated carbocycles. The summed E-state index contributed by atoms with van der Waals surface area (Å²) in [5.74, 6) is 1.50. The van der Waals surface area contributed by atoms with E-state index in [0.29, 0.717) is 18.0 Å². The second-order valence-corrected chi connectivity index (χ2v) is 7.17. The standard InChI is InChI=1S/C19H22N6O.2ClH/c20-14-9-13(10-14)16-11-18(22-12-21-16)24-5-7-25(8-6-24)19-23-15-3-1-2-4-17(15)26-19;;/h1-4,11-14H,5-10,20H2;2*1H. The van der Waals surface area contributed by atoms with E-state index in [1.165, 1.54) is 0 Å². The number of rotatable bonds is 3. The van der Waals surface area contributed by atoms with Gasteiger partial charge in [0.2, 0.25) is 0 Å². The lowest BCUT2D eigenvalue weighted by Gasteiger charge is -2.35. The summed E-state index contributed by atoms with van der Waals surface area (Å²) in [5, 5.41) is 0. The molecule has 150 valence electrons. The third kappa shape index (κ3) is 3.87. The maximum atomic E-state index is 5.91. The third-order valence-corrected chi connectivity index (χ3v) is 5.42. The van der Waals surface area contributed by atoms with Gasteiger partial charge in [-0.3, -0.25) is 0 Å². The van der Waals surface area contributed by atoms with Crippen LogP contribution in [0.4, 0.5) is 11.8 Å². The minimum Gasteiger partial charge on any atom is -0.423 e. The molecule has 1 aliphatic carbocycles. The second kappa shape index (κ2) is 8.51. The van der Waals surface area contributed by atoms with Gasteiger partial charge in [0.15, 0.2) is 5.58 Å². The number of para-hydroxylation sites is 2. The number of hydrogen-bond acceptors (Lipinski definition) is 7. The van der Waals surface area contributed by atoms with E-state index in [9.17, 15) is 0 Å². The normalized spacial score (nSPS) is 21.6. The van der Waals surface area contributed by atoms with E-state index in [0.717, 1.165) is 61.6 Å². The average molecular weight is 423 g/mol. The zero-order valence-corrected chi connectivity index (χ0v) is 17.0. The molecule has 5 rings (SSSR count). The van der Waals surface area contributed by atoms with Gasteiger partial charge in [0, 0.05) is 49.9 Å². The fourth-order valence-electron chi connectivity index (χ4n) is 3.78. The van der Waals surface area contributed by atoms with Crippen LogP contribution in [0.2, 0.25) is 0 Å². The summed E-state index contributed by atoms with van der Waals surface area (Å²) in [4.78, 5) is 18.0. The molecule has 0 radical (unpaired) electrons. The van der Waals surface area contributed by atoms with Crippen molar-refractivity contribution < 1.29 is 4.42 Å². The van der Waals surface area contributed by atoms with Gasteiger partial charge in [-0.25, -0.2) is 9.97 Å². The Morgan fingerprint density at radius 3 is 2.39 bits per heavy atom. The molecule has 3 heterocycles. The lowest BCUT2D eigenvalue weighted by atomic mass is 9.78. The van der Waals surface area contributed by atoms with E-state index in [1.807, 2.05) is 24.3 Å². The van der Waals surface area contributed by atoms with Crippen LogP contribution in [0, 0.1) is 0 Å². The van der Waals surface area contributed by atoms with Crippen molar-refractivity contribution in [1.82, 2.24) is 15.0 Å². The smallest absolute Gasteiger partial charge is 0.298 e. The summed E-state index contributed by atoms with van der Waals surface area (Å²) in [6.07, 6.45) is 3.74. The molecule has 2 aromatic heterocycles. The van der Waals surface area contributed by atoms with Crippen LogP contribution < -0.4 is 15.5 Å². The molecule has 0 bridgehead atoms. The predicted molar refractivity (Wildman–Crippen MR) is 115 cm³/mol. The molecule has 1 aromatic carbocycles. The number of nitrogens with two attached hydrogens (primary N) is 1. The van der Waals surface area contributed by atoms with Gasteiger partial charge in [-0.2, -0.15) is 4.98 Å². The fourth-order valence-corrected chi connectivity index (χ4v) is 3.78. The highest BCUT2D eigenvalue weighted by Gasteiger charge is 2.29. The minimum atomic E-state index is 0. The Morgan fingerprint density at radius 1 is 0.964 bits per heavy atom. The van der Waals surface area contributed by atoms with E-state index in [2.05, 4.69) is 30.8 Å². The Balaban J connectivity index is 0.00000112. The molecule has 2 N–H and O–H groups in total. The Kier molecular flexibility index (Phi) is 6.27. The van der Waals surface area contributed by atoms with E-state index in [4.69, 9.17) is 10.2 Å². The van der Waals surface area contributed by atoms with E-state index in [1.54, 1.807) is 6.33 Å². The van der Waals surface area contributed by atoms with Gasteiger partial charge >= 0.3 is 0 Å². The molecule has 2 aliphatic rings. The first-order chi connectivity index (χ1) is 12.8.